The molecule has 1 aromatic rings. The fourth-order valence-corrected chi connectivity index (χ4v) is 4.25. The highest BCUT2D eigenvalue weighted by Gasteiger charge is 2.60. The van der Waals surface area contributed by atoms with Crippen LogP contribution in [0.25, 0.3) is 0 Å². The molecule has 36 heavy (non-hydrogen) atoms. The second-order valence-corrected chi connectivity index (χ2v) is 13.5. The Morgan fingerprint density at radius 1 is 0.833 bits per heavy atom. The molecule has 9 nitrogen and oxygen atoms in total. The summed E-state index contributed by atoms with van der Waals surface area (Å²) in [6.07, 6.45) is -4.52. The summed E-state index contributed by atoms with van der Waals surface area (Å²) >= 11 is 0. The summed E-state index contributed by atoms with van der Waals surface area (Å²) in [6.45, 7) is 14.1. The average Bonchev–Trinajstić information content (AvgIpc) is 2.75. The topological polar surface area (TPSA) is 125 Å². The van der Waals surface area contributed by atoms with Gasteiger partial charge in [0.2, 0.25) is 6.10 Å². The van der Waals surface area contributed by atoms with Crippen LogP contribution in [-0.2, 0) is 44.1 Å². The summed E-state index contributed by atoms with van der Waals surface area (Å²) in [4.78, 5) is 38.8. The molecule has 0 aromatic heterocycles. The third kappa shape index (κ3) is 6.92. The summed E-state index contributed by atoms with van der Waals surface area (Å²) in [5, 5.41) is 9.03. The van der Waals surface area contributed by atoms with Gasteiger partial charge < -0.3 is 24.1 Å². The number of rotatable bonds is 5. The molecule has 0 aliphatic carbocycles. The molecular formula is C26H38O9S. The van der Waals surface area contributed by atoms with E-state index in [0.717, 1.165) is 0 Å². The van der Waals surface area contributed by atoms with E-state index in [1.54, 1.807) is 80.5 Å². The van der Waals surface area contributed by atoms with Crippen LogP contribution in [0.3, 0.4) is 0 Å². The van der Waals surface area contributed by atoms with Crippen LogP contribution in [0, 0.1) is 16.2 Å². The first-order chi connectivity index (χ1) is 16.3. The lowest BCUT2D eigenvalue weighted by Gasteiger charge is -2.45. The van der Waals surface area contributed by atoms with Crippen LogP contribution in [0.1, 0.15) is 62.3 Å². The third-order valence-electron chi connectivity index (χ3n) is 5.27. The Balaban J connectivity index is 2.62. The largest absolute Gasteiger partial charge is 0.455 e. The predicted octanol–water partition coefficient (Wildman–Crippen LogP) is 3.34. The summed E-state index contributed by atoms with van der Waals surface area (Å²) in [7, 11) is -2.29. The first-order valence-corrected chi connectivity index (χ1v) is 12.9. The van der Waals surface area contributed by atoms with Crippen LogP contribution in [0.4, 0.5) is 0 Å². The van der Waals surface area contributed by atoms with Crippen LogP contribution in [0.5, 0.6) is 0 Å². The fraction of sp³-hybridized carbons (Fsp3) is 0.654. The maximum Gasteiger partial charge on any atom is 0.311 e. The van der Waals surface area contributed by atoms with Crippen molar-refractivity contribution < 1.29 is 42.6 Å². The Kier molecular flexibility index (Phi) is 8.80. The summed E-state index contributed by atoms with van der Waals surface area (Å²) < 4.78 is 36.2. The van der Waals surface area contributed by atoms with Crippen molar-refractivity contribution in [1.29, 1.82) is 0 Å². The van der Waals surface area contributed by atoms with Crippen molar-refractivity contribution in [2.75, 3.05) is 6.61 Å². The molecule has 1 aromatic carbocycles. The maximum absolute atomic E-state index is 13.6. The van der Waals surface area contributed by atoms with Gasteiger partial charge in [-0.05, 0) is 74.4 Å². The van der Waals surface area contributed by atoms with Gasteiger partial charge in [-0.3, -0.25) is 14.4 Å². The van der Waals surface area contributed by atoms with Crippen molar-refractivity contribution in [1.82, 2.24) is 0 Å². The summed E-state index contributed by atoms with van der Waals surface area (Å²) in [5.41, 5.74) is -2.91. The molecule has 0 amide bonds. The molecule has 1 fully saturated rings. The number of hydrogen-bond donors (Lipinski definition) is 1. The van der Waals surface area contributed by atoms with E-state index in [2.05, 4.69) is 0 Å². The van der Waals surface area contributed by atoms with Crippen molar-refractivity contribution in [2.45, 2.75) is 90.6 Å². The molecule has 1 N–H and O–H groups in total. The number of hydrogen-bond acceptors (Lipinski definition) is 9. The molecule has 0 spiro atoms. The highest BCUT2D eigenvalue weighted by molar-refractivity contribution is 7.86. The van der Waals surface area contributed by atoms with Gasteiger partial charge >= 0.3 is 17.9 Å². The van der Waals surface area contributed by atoms with Gasteiger partial charge in [-0.2, -0.15) is 0 Å². The number of carbonyl (C=O) groups excluding carboxylic acids is 3. The molecule has 202 valence electrons. The van der Waals surface area contributed by atoms with Crippen LogP contribution in [0.15, 0.2) is 35.2 Å². The zero-order valence-electron chi connectivity index (χ0n) is 22.4. The number of esters is 3. The smallest absolute Gasteiger partial charge is 0.311 e. The van der Waals surface area contributed by atoms with Crippen molar-refractivity contribution in [3.05, 3.63) is 30.3 Å². The second kappa shape index (κ2) is 10.6. The van der Waals surface area contributed by atoms with Gasteiger partial charge in [0.15, 0.2) is 12.2 Å². The van der Waals surface area contributed by atoms with Crippen molar-refractivity contribution >= 4 is 28.7 Å². The molecule has 1 saturated heterocycles. The number of ether oxygens (including phenoxy) is 4. The predicted molar refractivity (Wildman–Crippen MR) is 132 cm³/mol. The van der Waals surface area contributed by atoms with Gasteiger partial charge in [0.1, 0.15) is 10.8 Å². The second-order valence-electron chi connectivity index (χ2n) is 11.9. The summed E-state index contributed by atoms with van der Waals surface area (Å²) in [5.74, 6) is -2.08. The zero-order chi connectivity index (χ0) is 27.7. The van der Waals surface area contributed by atoms with Crippen molar-refractivity contribution in [3.8, 4) is 0 Å². The Bertz CT molecular complexity index is 985. The minimum Gasteiger partial charge on any atom is -0.455 e. The van der Waals surface area contributed by atoms with E-state index >= 15 is 0 Å². The van der Waals surface area contributed by atoms with E-state index in [4.69, 9.17) is 18.9 Å². The van der Waals surface area contributed by atoms with E-state index in [1.807, 2.05) is 0 Å². The van der Waals surface area contributed by atoms with E-state index < -0.39 is 75.0 Å². The monoisotopic (exact) mass is 526 g/mol. The maximum atomic E-state index is 13.6. The van der Waals surface area contributed by atoms with E-state index in [9.17, 15) is 23.7 Å². The molecule has 0 bridgehead atoms. The molecule has 1 aliphatic heterocycles. The molecule has 1 aliphatic rings. The van der Waals surface area contributed by atoms with Crippen LogP contribution in [0.2, 0.25) is 0 Å². The van der Waals surface area contributed by atoms with Crippen molar-refractivity contribution in [2.24, 2.45) is 16.2 Å². The van der Waals surface area contributed by atoms with E-state index in [1.165, 1.54) is 12.1 Å². The Labute approximate surface area is 215 Å². The van der Waals surface area contributed by atoms with Crippen LogP contribution < -0.4 is 0 Å². The first kappa shape index (κ1) is 29.9. The highest BCUT2D eigenvalue weighted by atomic mass is 32.2. The molecule has 5 atom stereocenters. The van der Waals surface area contributed by atoms with Crippen LogP contribution in [-0.4, -0.2) is 57.3 Å². The van der Waals surface area contributed by atoms with Gasteiger partial charge in [-0.15, -0.1) is 0 Å². The molecule has 2 unspecified atom stereocenters. The van der Waals surface area contributed by atoms with E-state index in [-0.39, 0.29) is 4.90 Å². The molecule has 10 heteroatoms. The lowest BCUT2D eigenvalue weighted by atomic mass is 9.95. The standard InChI is InChI=1S/C26H38O9S/c1-23(2,3)20(27)33-17-15-32-26(30,36(31)16-13-11-10-12-14-16)19(35-22(29)25(7,8)9)18(17)34-21(28)24(4,5)6/h10-14,17-19,30H,15H2,1-9H3/t17-,18-,19+,26?,36?/m0/s1. The van der Waals surface area contributed by atoms with Gasteiger partial charge in [-0.25, -0.2) is 4.21 Å². The fourth-order valence-electron chi connectivity index (χ4n) is 2.94. The highest BCUT2D eigenvalue weighted by Crippen LogP contribution is 2.38. The van der Waals surface area contributed by atoms with Crippen molar-refractivity contribution in [3.63, 3.8) is 0 Å². The zero-order valence-corrected chi connectivity index (χ0v) is 23.3. The van der Waals surface area contributed by atoms with Gasteiger partial charge in [-0.1, -0.05) is 18.2 Å². The number of aliphatic hydroxyl groups is 1. The Morgan fingerprint density at radius 3 is 1.75 bits per heavy atom. The average molecular weight is 527 g/mol. The quantitative estimate of drug-likeness (QED) is 0.454. The lowest BCUT2D eigenvalue weighted by molar-refractivity contribution is -0.290. The first-order valence-electron chi connectivity index (χ1n) is 11.7. The molecule has 2 rings (SSSR count). The van der Waals surface area contributed by atoms with Gasteiger partial charge in [0, 0.05) is 4.90 Å². The molecular weight excluding hydrogens is 488 g/mol. The molecule has 0 saturated carbocycles. The Hall–Kier alpha value is -2.30. The van der Waals surface area contributed by atoms with Gasteiger partial charge in [0.05, 0.1) is 22.9 Å². The van der Waals surface area contributed by atoms with E-state index in [0.29, 0.717) is 0 Å². The normalized spacial score (nSPS) is 26.0. The lowest BCUT2D eigenvalue weighted by Crippen LogP contribution is -2.66. The Morgan fingerprint density at radius 2 is 1.28 bits per heavy atom. The third-order valence-corrected chi connectivity index (χ3v) is 6.86. The number of benzene rings is 1. The summed E-state index contributed by atoms with van der Waals surface area (Å²) in [6, 6.07) is 7.99. The van der Waals surface area contributed by atoms with Gasteiger partial charge in [0.25, 0.3) is 5.12 Å². The number of carbonyl (C=O) groups is 3. The molecule has 0 radical (unpaired) electrons. The minimum absolute atomic E-state index is 0.197. The SMILES string of the molecule is CC(C)(C)C(=O)O[C@H]1[C@@H](OC(=O)C(C)(C)C)COC(O)(S(=O)c2ccccc2)[C@@H]1OC(=O)C(C)(C)C. The minimum atomic E-state index is -2.60. The van der Waals surface area contributed by atoms with Crippen LogP contribution >= 0.6 is 0 Å². The molecule has 1 heterocycles.